The first-order chi connectivity index (χ1) is 14.6. The van der Waals surface area contributed by atoms with E-state index in [-0.39, 0.29) is 5.91 Å². The monoisotopic (exact) mass is 407 g/mol. The lowest BCUT2D eigenvalue weighted by Crippen LogP contribution is -2.37. The Morgan fingerprint density at radius 2 is 1.70 bits per heavy atom. The third kappa shape index (κ3) is 5.04. The van der Waals surface area contributed by atoms with Gasteiger partial charge in [0.1, 0.15) is 5.82 Å². The van der Waals surface area contributed by atoms with E-state index in [0.29, 0.717) is 12.3 Å². The molecule has 0 spiro atoms. The van der Waals surface area contributed by atoms with Crippen molar-refractivity contribution in [3.05, 3.63) is 52.9 Å². The van der Waals surface area contributed by atoms with Gasteiger partial charge in [-0.3, -0.25) is 14.7 Å². The van der Waals surface area contributed by atoms with Gasteiger partial charge in [-0.2, -0.15) is 0 Å². The van der Waals surface area contributed by atoms with Gasteiger partial charge in [0.2, 0.25) is 5.91 Å². The summed E-state index contributed by atoms with van der Waals surface area (Å²) in [5.74, 6) is 1.52. The normalized spacial score (nSPS) is 20.3. The van der Waals surface area contributed by atoms with Gasteiger partial charge in [-0.15, -0.1) is 0 Å². The lowest BCUT2D eigenvalue weighted by molar-refractivity contribution is -0.131. The Bertz CT molecular complexity index is 840. The number of hydrogen-bond donors (Lipinski definition) is 0. The van der Waals surface area contributed by atoms with Crippen LogP contribution in [-0.4, -0.2) is 56.8 Å². The smallest absolute Gasteiger partial charge is 0.227 e. The van der Waals surface area contributed by atoms with E-state index in [9.17, 15) is 4.79 Å². The molecule has 1 atom stereocenters. The Labute approximate surface area is 179 Å². The molecule has 0 saturated carbocycles. The van der Waals surface area contributed by atoms with Crippen molar-refractivity contribution in [3.8, 4) is 0 Å². The molecule has 0 aliphatic carbocycles. The highest BCUT2D eigenvalue weighted by Crippen LogP contribution is 2.27. The van der Waals surface area contributed by atoms with Crippen LogP contribution in [0.2, 0.25) is 0 Å². The molecule has 4 heterocycles. The average Bonchev–Trinajstić information content (AvgIpc) is 2.77. The van der Waals surface area contributed by atoms with Crippen molar-refractivity contribution in [2.75, 3.05) is 26.2 Å². The van der Waals surface area contributed by atoms with Crippen molar-refractivity contribution in [3.63, 3.8) is 0 Å². The van der Waals surface area contributed by atoms with Gasteiger partial charge >= 0.3 is 0 Å². The second kappa shape index (κ2) is 9.65. The van der Waals surface area contributed by atoms with E-state index in [2.05, 4.69) is 22.0 Å². The molecular formula is C24H33N5O. The van der Waals surface area contributed by atoms with Crippen molar-refractivity contribution in [1.82, 2.24) is 24.8 Å². The molecule has 0 unspecified atom stereocenters. The van der Waals surface area contributed by atoms with Crippen LogP contribution in [0.15, 0.2) is 24.5 Å². The fourth-order valence-electron chi connectivity index (χ4n) is 4.77. The molecular weight excluding hydrogens is 374 g/mol. The van der Waals surface area contributed by atoms with Gasteiger partial charge in [-0.25, -0.2) is 9.97 Å². The fourth-order valence-corrected chi connectivity index (χ4v) is 4.77. The largest absolute Gasteiger partial charge is 0.342 e. The number of hydrogen-bond acceptors (Lipinski definition) is 5. The van der Waals surface area contributed by atoms with E-state index in [4.69, 9.17) is 9.97 Å². The molecule has 2 aliphatic heterocycles. The Morgan fingerprint density at radius 1 is 1.00 bits per heavy atom. The molecule has 0 N–H and O–H groups in total. The molecule has 1 amide bonds. The van der Waals surface area contributed by atoms with Gasteiger partial charge in [0.05, 0.1) is 6.42 Å². The molecule has 160 valence electrons. The second-order valence-corrected chi connectivity index (χ2v) is 8.78. The lowest BCUT2D eigenvalue weighted by Gasteiger charge is -2.32. The van der Waals surface area contributed by atoms with Crippen LogP contribution in [0.4, 0.5) is 0 Å². The number of aryl methyl sites for hydroxylation is 2. The van der Waals surface area contributed by atoms with E-state index in [0.717, 1.165) is 81.2 Å². The predicted molar refractivity (Wildman–Crippen MR) is 117 cm³/mol. The third-order valence-electron chi connectivity index (χ3n) is 6.50. The number of nitrogens with zero attached hydrogens (tertiary/aromatic N) is 5. The predicted octanol–water partition coefficient (Wildman–Crippen LogP) is 3.42. The van der Waals surface area contributed by atoms with Crippen LogP contribution in [-0.2, 0) is 17.8 Å². The van der Waals surface area contributed by atoms with Gasteiger partial charge in [-0.1, -0.05) is 0 Å². The van der Waals surface area contributed by atoms with Crippen LogP contribution in [0, 0.1) is 13.8 Å². The minimum absolute atomic E-state index is 0.221. The van der Waals surface area contributed by atoms with Gasteiger partial charge in [0.25, 0.3) is 0 Å². The standard InChI is InChI=1S/C24H33N5O/c1-18-22(15-23(30)29-13-4-3-5-14-29)19(2)27-24(26-18)21-7-6-12-28(17-21)16-20-8-10-25-11-9-20/h8-11,21H,3-7,12-17H2,1-2H3/t21-/m1/s1. The van der Waals surface area contributed by atoms with Crippen molar-refractivity contribution in [2.45, 2.75) is 64.8 Å². The Kier molecular flexibility index (Phi) is 6.72. The van der Waals surface area contributed by atoms with Crippen LogP contribution in [0.5, 0.6) is 0 Å². The number of piperidine rings is 2. The van der Waals surface area contributed by atoms with Gasteiger partial charge in [0.15, 0.2) is 0 Å². The first kappa shape index (κ1) is 20.9. The summed E-state index contributed by atoms with van der Waals surface area (Å²) in [6, 6.07) is 4.17. The van der Waals surface area contributed by atoms with Crippen LogP contribution >= 0.6 is 0 Å². The van der Waals surface area contributed by atoms with E-state index < -0.39 is 0 Å². The van der Waals surface area contributed by atoms with Crippen LogP contribution in [0.3, 0.4) is 0 Å². The van der Waals surface area contributed by atoms with Gasteiger partial charge < -0.3 is 4.90 Å². The van der Waals surface area contributed by atoms with Crippen molar-refractivity contribution in [1.29, 1.82) is 0 Å². The highest BCUT2D eigenvalue weighted by atomic mass is 16.2. The Morgan fingerprint density at radius 3 is 2.40 bits per heavy atom. The molecule has 6 nitrogen and oxygen atoms in total. The molecule has 4 rings (SSSR count). The van der Waals surface area contributed by atoms with Crippen LogP contribution in [0.25, 0.3) is 0 Å². The van der Waals surface area contributed by atoms with E-state index in [1.165, 1.54) is 12.0 Å². The van der Waals surface area contributed by atoms with Crippen molar-refractivity contribution >= 4 is 5.91 Å². The summed E-state index contributed by atoms with van der Waals surface area (Å²) < 4.78 is 0. The van der Waals surface area contributed by atoms with Crippen molar-refractivity contribution in [2.24, 2.45) is 0 Å². The van der Waals surface area contributed by atoms with E-state index >= 15 is 0 Å². The van der Waals surface area contributed by atoms with Gasteiger partial charge in [-0.05, 0) is 70.2 Å². The quantitative estimate of drug-likeness (QED) is 0.760. The lowest BCUT2D eigenvalue weighted by atomic mass is 9.96. The van der Waals surface area contributed by atoms with Crippen molar-refractivity contribution < 1.29 is 4.79 Å². The first-order valence-electron chi connectivity index (χ1n) is 11.3. The maximum Gasteiger partial charge on any atom is 0.227 e. The van der Waals surface area contributed by atoms with Crippen LogP contribution < -0.4 is 0 Å². The number of amides is 1. The maximum atomic E-state index is 12.7. The molecule has 0 aromatic carbocycles. The molecule has 2 saturated heterocycles. The summed E-state index contributed by atoms with van der Waals surface area (Å²) in [7, 11) is 0. The Hall–Kier alpha value is -2.34. The average molecular weight is 408 g/mol. The molecule has 30 heavy (non-hydrogen) atoms. The number of carbonyl (C=O) groups excluding carboxylic acids is 1. The minimum Gasteiger partial charge on any atom is -0.342 e. The summed E-state index contributed by atoms with van der Waals surface area (Å²) >= 11 is 0. The second-order valence-electron chi connectivity index (χ2n) is 8.78. The number of pyridine rings is 1. The summed E-state index contributed by atoms with van der Waals surface area (Å²) in [6.07, 6.45) is 9.90. The fraction of sp³-hybridized carbons (Fsp3) is 0.583. The summed E-state index contributed by atoms with van der Waals surface area (Å²) in [5, 5.41) is 0. The summed E-state index contributed by atoms with van der Waals surface area (Å²) in [6.45, 7) is 8.89. The third-order valence-corrected chi connectivity index (χ3v) is 6.50. The SMILES string of the molecule is Cc1nc([C@@H]2CCCN(Cc3ccncc3)C2)nc(C)c1CC(=O)N1CCCCC1. The molecule has 2 aromatic rings. The topological polar surface area (TPSA) is 62.2 Å². The molecule has 2 aliphatic rings. The molecule has 6 heteroatoms. The number of likely N-dealkylation sites (tertiary alicyclic amines) is 2. The highest BCUT2D eigenvalue weighted by molar-refractivity contribution is 5.79. The number of rotatable bonds is 5. The summed E-state index contributed by atoms with van der Waals surface area (Å²) in [4.78, 5) is 31.1. The molecule has 0 radical (unpaired) electrons. The number of carbonyl (C=O) groups is 1. The zero-order chi connectivity index (χ0) is 20.9. The van der Waals surface area contributed by atoms with Gasteiger partial charge in [0, 0.05) is 61.4 Å². The maximum absolute atomic E-state index is 12.7. The molecule has 2 fully saturated rings. The molecule has 2 aromatic heterocycles. The zero-order valence-corrected chi connectivity index (χ0v) is 18.3. The minimum atomic E-state index is 0.221. The Balaban J connectivity index is 1.43. The van der Waals surface area contributed by atoms with E-state index in [1.807, 2.05) is 31.1 Å². The highest BCUT2D eigenvalue weighted by Gasteiger charge is 2.26. The zero-order valence-electron chi connectivity index (χ0n) is 18.3. The first-order valence-corrected chi connectivity index (χ1v) is 11.3. The molecule has 0 bridgehead atoms. The summed E-state index contributed by atoms with van der Waals surface area (Å²) in [5.41, 5.74) is 4.24. The van der Waals surface area contributed by atoms with Crippen LogP contribution in [0.1, 0.15) is 66.4 Å². The number of aromatic nitrogens is 3. The van der Waals surface area contributed by atoms with E-state index in [1.54, 1.807) is 0 Å².